The van der Waals surface area contributed by atoms with Crippen LogP contribution in [0.5, 0.6) is 0 Å². The quantitative estimate of drug-likeness (QED) is 0.429. The van der Waals surface area contributed by atoms with Gasteiger partial charge >= 0.3 is 6.18 Å². The van der Waals surface area contributed by atoms with Crippen molar-refractivity contribution < 1.29 is 31.2 Å². The van der Waals surface area contributed by atoms with Gasteiger partial charge in [0.15, 0.2) is 0 Å². The first-order chi connectivity index (χ1) is 17.0. The highest BCUT2D eigenvalue weighted by atomic mass is 35.5. The summed E-state index contributed by atoms with van der Waals surface area (Å²) < 4.78 is 65.9. The zero-order valence-corrected chi connectivity index (χ0v) is 23.0. The summed E-state index contributed by atoms with van der Waals surface area (Å²) in [5.74, 6) is -1.16. The fraction of sp³-hybridized carbons (Fsp3) is 0.417. The van der Waals surface area contributed by atoms with Crippen LogP contribution in [0.1, 0.15) is 31.9 Å². The van der Waals surface area contributed by atoms with Crippen molar-refractivity contribution in [2.75, 3.05) is 23.7 Å². The fourth-order valence-corrected chi connectivity index (χ4v) is 4.61. The Morgan fingerprint density at radius 2 is 1.65 bits per heavy atom. The van der Waals surface area contributed by atoms with Crippen LogP contribution in [-0.2, 0) is 32.3 Å². The molecule has 204 valence electrons. The maximum Gasteiger partial charge on any atom is 0.417 e. The highest BCUT2D eigenvalue weighted by Gasteiger charge is 2.35. The molecule has 7 nitrogen and oxygen atoms in total. The van der Waals surface area contributed by atoms with Crippen molar-refractivity contribution in [2.24, 2.45) is 5.92 Å². The minimum atomic E-state index is -4.85. The number of hydrogen-bond donors (Lipinski definition) is 1. The number of nitrogens with one attached hydrogen (secondary N) is 1. The molecule has 2 aromatic carbocycles. The zero-order valence-electron chi connectivity index (χ0n) is 20.6. The lowest BCUT2D eigenvalue weighted by Crippen LogP contribution is -2.51. The van der Waals surface area contributed by atoms with Crippen LogP contribution in [0.2, 0.25) is 10.0 Å². The second kappa shape index (κ2) is 12.4. The molecular formula is C24H28Cl2F3N3O4S. The highest BCUT2D eigenvalue weighted by molar-refractivity contribution is 7.92. The van der Waals surface area contributed by atoms with Gasteiger partial charge in [-0.05, 0) is 42.7 Å². The van der Waals surface area contributed by atoms with Gasteiger partial charge in [-0.15, -0.1) is 0 Å². The normalized spacial score (nSPS) is 12.8. The lowest BCUT2D eigenvalue weighted by Gasteiger charge is -2.32. The predicted molar refractivity (Wildman–Crippen MR) is 138 cm³/mol. The summed E-state index contributed by atoms with van der Waals surface area (Å²) in [5, 5.41) is 2.43. The monoisotopic (exact) mass is 581 g/mol. The predicted octanol–water partition coefficient (Wildman–Crippen LogP) is 4.97. The van der Waals surface area contributed by atoms with Crippen molar-refractivity contribution in [3.63, 3.8) is 0 Å². The number of anilines is 1. The summed E-state index contributed by atoms with van der Waals surface area (Å²) in [5.41, 5.74) is -1.15. The first kappa shape index (κ1) is 30.7. The summed E-state index contributed by atoms with van der Waals surface area (Å²) in [6.45, 7) is 4.60. The van der Waals surface area contributed by atoms with Crippen molar-refractivity contribution in [3.8, 4) is 0 Å². The largest absolute Gasteiger partial charge is 0.417 e. The number of sulfonamides is 1. The molecule has 2 amide bonds. The van der Waals surface area contributed by atoms with Crippen molar-refractivity contribution in [2.45, 2.75) is 39.5 Å². The Morgan fingerprint density at radius 1 is 1.03 bits per heavy atom. The standard InChI is InChI=1S/C24H28Cl2F3N3O4S/c1-15(2)12-30-23(34)16(3)31(13-17-7-5-6-8-20(17)25)22(33)14-32(37(4,35)36)18-9-10-21(26)19(11-18)24(27,28)29/h5-11,15-16H,12-14H2,1-4H3,(H,30,34). The second-order valence-electron chi connectivity index (χ2n) is 8.86. The van der Waals surface area contributed by atoms with E-state index in [-0.39, 0.29) is 12.5 Å². The molecule has 1 unspecified atom stereocenters. The van der Waals surface area contributed by atoms with Crippen LogP contribution in [0.25, 0.3) is 0 Å². The van der Waals surface area contributed by atoms with Crippen molar-refractivity contribution in [1.82, 2.24) is 10.2 Å². The van der Waals surface area contributed by atoms with E-state index in [9.17, 15) is 31.2 Å². The van der Waals surface area contributed by atoms with Gasteiger partial charge < -0.3 is 10.2 Å². The van der Waals surface area contributed by atoms with E-state index in [2.05, 4.69) is 5.32 Å². The smallest absolute Gasteiger partial charge is 0.354 e. The molecule has 2 rings (SSSR count). The Balaban J connectivity index is 2.47. The van der Waals surface area contributed by atoms with Gasteiger partial charge in [-0.3, -0.25) is 13.9 Å². The molecule has 0 fully saturated rings. The molecule has 37 heavy (non-hydrogen) atoms. The average molecular weight is 582 g/mol. The van der Waals surface area contributed by atoms with Crippen LogP contribution in [0, 0.1) is 5.92 Å². The minimum absolute atomic E-state index is 0.136. The Bertz CT molecular complexity index is 1240. The Morgan fingerprint density at radius 3 is 2.19 bits per heavy atom. The number of nitrogens with zero attached hydrogens (tertiary/aromatic N) is 2. The molecule has 0 heterocycles. The molecule has 1 N–H and O–H groups in total. The summed E-state index contributed by atoms with van der Waals surface area (Å²) in [6.07, 6.45) is -4.08. The number of carbonyl (C=O) groups excluding carboxylic acids is 2. The molecule has 0 bridgehead atoms. The maximum atomic E-state index is 13.5. The molecule has 0 aliphatic rings. The number of benzene rings is 2. The van der Waals surface area contributed by atoms with E-state index < -0.39 is 56.9 Å². The Labute approximate surface area is 224 Å². The van der Waals surface area contributed by atoms with Gasteiger partial charge in [-0.25, -0.2) is 8.42 Å². The number of amides is 2. The van der Waals surface area contributed by atoms with Gasteiger partial charge in [-0.1, -0.05) is 55.2 Å². The number of carbonyl (C=O) groups is 2. The molecule has 0 aliphatic carbocycles. The van der Waals surface area contributed by atoms with Gasteiger partial charge in [-0.2, -0.15) is 13.2 Å². The van der Waals surface area contributed by atoms with Gasteiger partial charge in [0.1, 0.15) is 12.6 Å². The van der Waals surface area contributed by atoms with Crippen LogP contribution in [0.3, 0.4) is 0 Å². The van der Waals surface area contributed by atoms with E-state index >= 15 is 0 Å². The highest BCUT2D eigenvalue weighted by Crippen LogP contribution is 2.37. The third kappa shape index (κ3) is 8.51. The molecule has 0 saturated heterocycles. The average Bonchev–Trinajstić information content (AvgIpc) is 2.78. The molecule has 2 aromatic rings. The second-order valence-corrected chi connectivity index (χ2v) is 11.6. The maximum absolute atomic E-state index is 13.5. The van der Waals surface area contributed by atoms with Crippen LogP contribution in [0.4, 0.5) is 18.9 Å². The summed E-state index contributed by atoms with van der Waals surface area (Å²) in [7, 11) is -4.22. The molecule has 13 heteroatoms. The summed E-state index contributed by atoms with van der Waals surface area (Å²) in [6, 6.07) is 8.11. The molecule has 0 radical (unpaired) electrons. The molecular weight excluding hydrogens is 554 g/mol. The van der Waals surface area contributed by atoms with Gasteiger partial charge in [0.05, 0.1) is 22.5 Å². The SMILES string of the molecule is CC(C)CNC(=O)C(C)N(Cc1ccccc1Cl)C(=O)CN(c1ccc(Cl)c(C(F)(F)F)c1)S(C)(=O)=O. The van der Waals surface area contributed by atoms with E-state index in [1.54, 1.807) is 24.3 Å². The Hall–Kier alpha value is -2.50. The number of hydrogen-bond acceptors (Lipinski definition) is 4. The van der Waals surface area contributed by atoms with Gasteiger partial charge in [0, 0.05) is 18.1 Å². The topological polar surface area (TPSA) is 86.8 Å². The molecule has 0 aliphatic heterocycles. The molecule has 1 atom stereocenters. The third-order valence-electron chi connectivity index (χ3n) is 5.37. The van der Waals surface area contributed by atoms with Crippen molar-refractivity contribution in [3.05, 3.63) is 63.6 Å². The van der Waals surface area contributed by atoms with Gasteiger partial charge in [0.25, 0.3) is 0 Å². The molecule has 0 aromatic heterocycles. The van der Waals surface area contributed by atoms with Crippen LogP contribution >= 0.6 is 23.2 Å². The van der Waals surface area contributed by atoms with E-state index in [1.165, 1.54) is 6.92 Å². The lowest BCUT2D eigenvalue weighted by molar-refractivity contribution is -0.139. The summed E-state index contributed by atoms with van der Waals surface area (Å²) >= 11 is 11.9. The minimum Gasteiger partial charge on any atom is -0.354 e. The van der Waals surface area contributed by atoms with Crippen LogP contribution in [0.15, 0.2) is 42.5 Å². The van der Waals surface area contributed by atoms with E-state index in [0.717, 1.165) is 23.3 Å². The van der Waals surface area contributed by atoms with Crippen LogP contribution < -0.4 is 9.62 Å². The first-order valence-corrected chi connectivity index (χ1v) is 13.8. The molecule has 0 spiro atoms. The third-order valence-corrected chi connectivity index (χ3v) is 7.21. The van der Waals surface area contributed by atoms with Crippen molar-refractivity contribution >= 4 is 50.7 Å². The number of rotatable bonds is 10. The van der Waals surface area contributed by atoms with Crippen LogP contribution in [-0.4, -0.2) is 50.5 Å². The number of alkyl halides is 3. The van der Waals surface area contributed by atoms with E-state index in [0.29, 0.717) is 27.5 Å². The van der Waals surface area contributed by atoms with Gasteiger partial charge in [0.2, 0.25) is 21.8 Å². The van der Waals surface area contributed by atoms with Crippen molar-refractivity contribution in [1.29, 1.82) is 0 Å². The first-order valence-electron chi connectivity index (χ1n) is 11.2. The van der Waals surface area contributed by atoms with E-state index in [1.807, 2.05) is 13.8 Å². The number of halogens is 5. The summed E-state index contributed by atoms with van der Waals surface area (Å²) in [4.78, 5) is 27.4. The van der Waals surface area contributed by atoms with E-state index in [4.69, 9.17) is 23.2 Å². The fourth-order valence-electron chi connectivity index (χ4n) is 3.34. The lowest BCUT2D eigenvalue weighted by atomic mass is 10.1. The molecule has 0 saturated carbocycles. The zero-order chi connectivity index (χ0) is 28.1. The Kier molecular flexibility index (Phi) is 10.3.